The number of hydrogen-bond acceptors (Lipinski definition) is 6. The molecule has 0 bridgehead atoms. The third-order valence-corrected chi connectivity index (χ3v) is 7.26. The molecule has 8 heteroatoms. The van der Waals surface area contributed by atoms with Gasteiger partial charge in [0.05, 0.1) is 12.5 Å². The Balaban J connectivity index is 1.32. The smallest absolute Gasteiger partial charge is 0.408 e. The number of rotatable bonds is 6. The van der Waals surface area contributed by atoms with Gasteiger partial charge in [0.1, 0.15) is 18.2 Å². The minimum Gasteiger partial charge on any atom is -0.493 e. The van der Waals surface area contributed by atoms with Crippen LogP contribution in [0.4, 0.5) is 4.79 Å². The van der Waals surface area contributed by atoms with Crippen molar-refractivity contribution in [2.75, 3.05) is 20.7 Å². The Morgan fingerprint density at radius 3 is 2.80 bits per heavy atom. The number of alkyl carbamates (subject to hydrolysis) is 1. The molecule has 2 heterocycles. The number of nitrogens with one attached hydrogen (secondary N) is 1. The number of benzene rings is 2. The lowest BCUT2D eigenvalue weighted by atomic mass is 9.69. The number of carboxylic acids is 1. The maximum Gasteiger partial charge on any atom is 0.408 e. The fourth-order valence-corrected chi connectivity index (χ4v) is 5.52. The number of amides is 1. The maximum absolute atomic E-state index is 12.6. The molecule has 5 rings (SSSR count). The zero-order valence-electron chi connectivity index (χ0n) is 19.9. The first-order chi connectivity index (χ1) is 16.9. The van der Waals surface area contributed by atoms with Crippen LogP contribution in [0.2, 0.25) is 0 Å². The van der Waals surface area contributed by atoms with Gasteiger partial charge in [-0.05, 0) is 43.3 Å². The van der Waals surface area contributed by atoms with E-state index in [0.717, 1.165) is 30.8 Å². The Morgan fingerprint density at radius 2 is 2.06 bits per heavy atom. The van der Waals surface area contributed by atoms with Gasteiger partial charge in [-0.15, -0.1) is 0 Å². The van der Waals surface area contributed by atoms with Crippen molar-refractivity contribution in [2.24, 2.45) is 0 Å². The van der Waals surface area contributed by atoms with Gasteiger partial charge in [-0.2, -0.15) is 0 Å². The van der Waals surface area contributed by atoms with Crippen molar-refractivity contribution in [2.45, 2.75) is 49.5 Å². The number of carboxylic acid groups (broad SMARTS) is 1. The van der Waals surface area contributed by atoms with Gasteiger partial charge in [0.2, 0.25) is 0 Å². The van der Waals surface area contributed by atoms with E-state index in [9.17, 15) is 14.7 Å². The normalized spacial score (nSPS) is 25.4. The molecule has 0 saturated heterocycles. The van der Waals surface area contributed by atoms with Crippen LogP contribution in [-0.4, -0.2) is 61.0 Å². The van der Waals surface area contributed by atoms with Crippen LogP contribution in [0.5, 0.6) is 11.5 Å². The summed E-state index contributed by atoms with van der Waals surface area (Å²) in [5, 5.41) is 12.1. The van der Waals surface area contributed by atoms with Crippen LogP contribution in [0.15, 0.2) is 54.6 Å². The largest absolute Gasteiger partial charge is 0.493 e. The van der Waals surface area contributed by atoms with Crippen molar-refractivity contribution in [1.82, 2.24) is 10.2 Å². The maximum atomic E-state index is 12.6. The number of nitrogens with zero attached hydrogens (tertiary/aromatic N) is 1. The molecule has 1 amide bonds. The summed E-state index contributed by atoms with van der Waals surface area (Å²) < 4.78 is 17.7. The van der Waals surface area contributed by atoms with Crippen LogP contribution in [0.1, 0.15) is 29.5 Å². The molecule has 2 aromatic rings. The summed E-state index contributed by atoms with van der Waals surface area (Å²) in [6.07, 6.45) is 4.07. The molecule has 2 N–H and O–H groups in total. The second-order valence-corrected chi connectivity index (χ2v) is 9.53. The number of aliphatic carboxylic acids is 1. The number of hydrogen-bond donors (Lipinski definition) is 2. The third kappa shape index (κ3) is 4.34. The summed E-state index contributed by atoms with van der Waals surface area (Å²) in [6, 6.07) is 12.2. The summed E-state index contributed by atoms with van der Waals surface area (Å²) in [5.41, 5.74) is 2.89. The summed E-state index contributed by atoms with van der Waals surface area (Å²) in [5.74, 6) is 0.366. The van der Waals surface area contributed by atoms with Gasteiger partial charge in [0, 0.05) is 24.9 Å². The fourth-order valence-electron chi connectivity index (χ4n) is 5.52. The molecule has 35 heavy (non-hydrogen) atoms. The average molecular weight is 479 g/mol. The number of carbonyl (C=O) groups excluding carboxylic acids is 1. The van der Waals surface area contributed by atoms with E-state index in [2.05, 4.69) is 29.4 Å². The molecule has 0 fully saturated rings. The van der Waals surface area contributed by atoms with Crippen molar-refractivity contribution in [3.63, 3.8) is 0 Å². The highest BCUT2D eigenvalue weighted by Gasteiger charge is 2.53. The number of carbonyl (C=O) groups is 2. The zero-order chi connectivity index (χ0) is 24.6. The minimum absolute atomic E-state index is 0.173. The number of methoxy groups -OCH3 is 1. The van der Waals surface area contributed by atoms with Crippen LogP contribution in [0, 0.1) is 0 Å². The Morgan fingerprint density at radius 1 is 1.26 bits per heavy atom. The second-order valence-electron chi connectivity index (χ2n) is 9.53. The van der Waals surface area contributed by atoms with Gasteiger partial charge in [-0.3, -0.25) is 0 Å². The topological polar surface area (TPSA) is 97.3 Å². The fraction of sp³-hybridized carbons (Fsp3) is 0.407. The van der Waals surface area contributed by atoms with Gasteiger partial charge >= 0.3 is 12.1 Å². The second kappa shape index (κ2) is 9.26. The molecule has 2 aromatic carbocycles. The molecule has 0 radical (unpaired) electrons. The van der Waals surface area contributed by atoms with Crippen LogP contribution in [-0.2, 0) is 27.9 Å². The van der Waals surface area contributed by atoms with Crippen LogP contribution < -0.4 is 14.8 Å². The number of ether oxygens (including phenoxy) is 3. The van der Waals surface area contributed by atoms with Crippen molar-refractivity contribution >= 4 is 12.1 Å². The van der Waals surface area contributed by atoms with Crippen molar-refractivity contribution < 1.29 is 28.9 Å². The average Bonchev–Trinajstić information content (AvgIpc) is 3.10. The molecular weight excluding hydrogens is 448 g/mol. The lowest BCUT2D eigenvalue weighted by Gasteiger charge is -2.36. The van der Waals surface area contributed by atoms with E-state index in [4.69, 9.17) is 14.2 Å². The SMILES string of the molecule is COc1ccc2c3c1O[C@H]1C[C@@H](OC(=O)NC(Cc4ccccc4)C(=O)O)C=C[C@@]31CCN(C)C2. The van der Waals surface area contributed by atoms with E-state index < -0.39 is 24.2 Å². The monoisotopic (exact) mass is 478 g/mol. The zero-order valence-corrected chi connectivity index (χ0v) is 19.9. The first kappa shape index (κ1) is 23.2. The molecule has 0 aromatic heterocycles. The summed E-state index contributed by atoms with van der Waals surface area (Å²) >= 11 is 0. The Kier molecular flexibility index (Phi) is 6.15. The van der Waals surface area contributed by atoms with Gasteiger partial charge < -0.3 is 29.5 Å². The van der Waals surface area contributed by atoms with Gasteiger partial charge in [-0.25, -0.2) is 9.59 Å². The van der Waals surface area contributed by atoms with Gasteiger partial charge in [0.25, 0.3) is 0 Å². The summed E-state index contributed by atoms with van der Waals surface area (Å²) in [4.78, 5) is 26.7. The molecule has 4 atom stereocenters. The minimum atomic E-state index is -1.11. The first-order valence-corrected chi connectivity index (χ1v) is 11.9. The standard InChI is InChI=1S/C27H30N2O6/c1-29-13-12-27-11-10-19(15-22(27)35-24-21(33-2)9-8-18(16-29)23(24)27)34-26(32)28-20(25(30)31)14-17-6-4-3-5-7-17/h3-11,19-20,22H,12-16H2,1-2H3,(H,28,32)(H,30,31)/t19-,20?,22-,27-/m0/s1. The van der Waals surface area contributed by atoms with E-state index in [1.165, 1.54) is 11.1 Å². The molecule has 1 unspecified atom stereocenters. The van der Waals surface area contributed by atoms with E-state index in [1.807, 2.05) is 42.5 Å². The highest BCUT2D eigenvalue weighted by molar-refractivity contribution is 5.80. The lowest BCUT2D eigenvalue weighted by molar-refractivity contribution is -0.139. The first-order valence-electron chi connectivity index (χ1n) is 11.9. The van der Waals surface area contributed by atoms with E-state index >= 15 is 0 Å². The van der Waals surface area contributed by atoms with E-state index in [1.54, 1.807) is 7.11 Å². The highest BCUT2D eigenvalue weighted by atomic mass is 16.6. The quantitative estimate of drug-likeness (QED) is 0.615. The van der Waals surface area contributed by atoms with Crippen LogP contribution in [0.3, 0.4) is 0 Å². The van der Waals surface area contributed by atoms with Crippen molar-refractivity contribution in [3.05, 3.63) is 71.3 Å². The van der Waals surface area contributed by atoms with Crippen molar-refractivity contribution in [3.8, 4) is 11.5 Å². The van der Waals surface area contributed by atoms with Crippen LogP contribution in [0.25, 0.3) is 0 Å². The van der Waals surface area contributed by atoms with Gasteiger partial charge in [0.15, 0.2) is 11.5 Å². The molecular formula is C27H30N2O6. The van der Waals surface area contributed by atoms with Gasteiger partial charge in [-0.1, -0.05) is 42.5 Å². The Labute approximate surface area is 204 Å². The summed E-state index contributed by atoms with van der Waals surface area (Å²) in [7, 11) is 3.75. The highest BCUT2D eigenvalue weighted by Crippen LogP contribution is 2.55. The molecule has 1 aliphatic carbocycles. The molecule has 184 valence electrons. The third-order valence-electron chi connectivity index (χ3n) is 7.26. The predicted molar refractivity (Wildman–Crippen MR) is 129 cm³/mol. The van der Waals surface area contributed by atoms with Crippen molar-refractivity contribution in [1.29, 1.82) is 0 Å². The molecule has 0 saturated carbocycles. The molecule has 8 nitrogen and oxygen atoms in total. The van der Waals surface area contributed by atoms with E-state index in [0.29, 0.717) is 12.2 Å². The molecule has 1 spiro atoms. The predicted octanol–water partition coefficient (Wildman–Crippen LogP) is 3.28. The summed E-state index contributed by atoms with van der Waals surface area (Å²) in [6.45, 7) is 1.74. The lowest BCUT2D eigenvalue weighted by Crippen LogP contribution is -2.46. The molecule has 2 aliphatic heterocycles. The Bertz CT molecular complexity index is 1150. The molecule has 3 aliphatic rings. The Hall–Kier alpha value is -3.52. The van der Waals surface area contributed by atoms with E-state index in [-0.39, 0.29) is 17.9 Å². The van der Waals surface area contributed by atoms with Crippen LogP contribution >= 0.6 is 0 Å².